The van der Waals surface area contributed by atoms with Gasteiger partial charge in [-0.3, -0.25) is 4.79 Å². The first-order chi connectivity index (χ1) is 25.2. The summed E-state index contributed by atoms with van der Waals surface area (Å²) < 4.78 is 107. The zero-order chi connectivity index (χ0) is 38.3. The highest BCUT2D eigenvalue weighted by molar-refractivity contribution is 7.89. The molecular formula is C35H34F2N2O12S2. The minimum atomic E-state index is -4.06. The second kappa shape index (κ2) is 16.4. The summed E-state index contributed by atoms with van der Waals surface area (Å²) in [6.45, 7) is 0.0966. The van der Waals surface area contributed by atoms with Crippen LogP contribution in [0.2, 0.25) is 0 Å². The molecular weight excluding hydrogens is 743 g/mol. The van der Waals surface area contributed by atoms with Crippen LogP contribution in [0.5, 0.6) is 23.0 Å². The molecule has 282 valence electrons. The van der Waals surface area contributed by atoms with E-state index in [4.69, 9.17) is 23.7 Å². The maximum absolute atomic E-state index is 12.9. The van der Waals surface area contributed by atoms with Crippen molar-refractivity contribution in [1.82, 2.24) is 9.44 Å². The van der Waals surface area contributed by atoms with Crippen molar-refractivity contribution in [2.24, 2.45) is 0 Å². The molecule has 0 bridgehead atoms. The highest BCUT2D eigenvalue weighted by Gasteiger charge is 2.47. The van der Waals surface area contributed by atoms with Crippen LogP contribution < -0.4 is 18.9 Å². The fourth-order valence-corrected chi connectivity index (χ4v) is 7.93. The lowest BCUT2D eigenvalue weighted by atomic mass is 10.0. The average molecular weight is 777 g/mol. The van der Waals surface area contributed by atoms with Crippen molar-refractivity contribution in [3.8, 4) is 23.0 Å². The molecule has 4 aromatic carbocycles. The van der Waals surface area contributed by atoms with Crippen LogP contribution in [0, 0.1) is 11.6 Å². The van der Waals surface area contributed by atoms with Gasteiger partial charge >= 0.3 is 11.9 Å². The fraction of sp³-hybridized carbons (Fsp3) is 0.257. The summed E-state index contributed by atoms with van der Waals surface area (Å²) in [5.74, 6) is -1.21. The summed E-state index contributed by atoms with van der Waals surface area (Å²) in [4.78, 5) is 23.4. The Morgan fingerprint density at radius 1 is 0.623 bits per heavy atom. The Hall–Kier alpha value is -4.98. The minimum Gasteiger partial charge on any atom is -0.480 e. The first-order valence-corrected chi connectivity index (χ1v) is 18.7. The van der Waals surface area contributed by atoms with E-state index in [9.17, 15) is 40.3 Å². The quantitative estimate of drug-likeness (QED) is 0.173. The smallest absolute Gasteiger partial charge is 0.329 e. The van der Waals surface area contributed by atoms with Crippen molar-refractivity contribution in [1.29, 1.82) is 0 Å². The van der Waals surface area contributed by atoms with Gasteiger partial charge in [0.15, 0.2) is 11.1 Å². The van der Waals surface area contributed by atoms with Crippen LogP contribution in [0.15, 0.2) is 107 Å². The minimum absolute atomic E-state index is 0.0378. The first-order valence-electron chi connectivity index (χ1n) is 15.8. The number of carboxylic acid groups (broad SMARTS) is 1. The van der Waals surface area contributed by atoms with Gasteiger partial charge in [0.2, 0.25) is 20.0 Å². The number of carboxylic acids is 1. The summed E-state index contributed by atoms with van der Waals surface area (Å²) in [7, 11) is -6.85. The van der Waals surface area contributed by atoms with Gasteiger partial charge in [0.1, 0.15) is 34.6 Å². The normalized spacial score (nSPS) is 19.8. The van der Waals surface area contributed by atoms with E-state index in [0.717, 1.165) is 0 Å². The van der Waals surface area contributed by atoms with Gasteiger partial charge in [-0.25, -0.2) is 30.4 Å². The molecule has 2 heterocycles. The number of hydrogen-bond acceptors (Lipinski definition) is 11. The zero-order valence-corrected chi connectivity index (χ0v) is 29.6. The number of esters is 1. The summed E-state index contributed by atoms with van der Waals surface area (Å²) in [5.41, 5.74) is -3.10. The van der Waals surface area contributed by atoms with Gasteiger partial charge in [-0.05, 0) is 97.1 Å². The average Bonchev–Trinajstić information content (AvgIpc) is 3.81. The number of rotatable bonds is 12. The number of halogens is 2. The molecule has 0 spiro atoms. The number of aliphatic carboxylic acids is 1. The molecule has 18 heteroatoms. The van der Waals surface area contributed by atoms with Gasteiger partial charge in [-0.15, -0.1) is 0 Å². The maximum Gasteiger partial charge on any atom is 0.329 e. The maximum atomic E-state index is 12.9. The molecule has 0 radical (unpaired) electrons. The summed E-state index contributed by atoms with van der Waals surface area (Å²) in [6, 6.07) is 21.9. The van der Waals surface area contributed by atoms with Gasteiger partial charge in [-0.2, -0.15) is 9.44 Å². The number of nitrogens with one attached hydrogen (secondary N) is 2. The summed E-state index contributed by atoms with van der Waals surface area (Å²) in [5, 5.41) is 9.35. The number of methoxy groups -OCH3 is 1. The standard InChI is InChI=1S/C18H18FNO6S.C17H16FNO6S/c1-24-17(21)18(10-11-25-12-18)20-27(22,23)16-8-6-15(7-9-16)26-14-4-2-13(19)3-5-14;18-12-1-3-13(4-2-12)25-14-5-7-15(8-6-14)26(22,23)19-17(16(20)21)9-10-24-11-17/h2-9,20H,10-12H2,1H3;1-8,19H,9-11H2,(H,20,21)/t18-;17-/m00/s1. The van der Waals surface area contributed by atoms with E-state index >= 15 is 0 Å². The Balaban J connectivity index is 0.000000204. The molecule has 0 aromatic heterocycles. The SMILES string of the molecule is COC(=O)[C@]1(NS(=O)(=O)c2ccc(Oc3ccc(F)cc3)cc2)CCOC1.O=C(O)[C@]1(NS(=O)(=O)c2ccc(Oc3ccc(F)cc3)cc2)CCOC1. The van der Waals surface area contributed by atoms with Crippen LogP contribution in [0.3, 0.4) is 0 Å². The van der Waals surface area contributed by atoms with Gasteiger partial charge in [0.05, 0.1) is 30.1 Å². The van der Waals surface area contributed by atoms with Gasteiger partial charge in [0.25, 0.3) is 0 Å². The Kier molecular flexibility index (Phi) is 12.1. The van der Waals surface area contributed by atoms with Crippen LogP contribution >= 0.6 is 0 Å². The highest BCUT2D eigenvalue weighted by Crippen LogP contribution is 2.28. The molecule has 6 rings (SSSR count). The van der Waals surface area contributed by atoms with Crippen LogP contribution in [0.25, 0.3) is 0 Å². The molecule has 2 saturated heterocycles. The molecule has 0 amide bonds. The van der Waals surface area contributed by atoms with E-state index < -0.39 is 48.9 Å². The predicted molar refractivity (Wildman–Crippen MR) is 182 cm³/mol. The Labute approximate surface area is 303 Å². The molecule has 3 N–H and O–H groups in total. The van der Waals surface area contributed by atoms with Crippen molar-refractivity contribution in [2.75, 3.05) is 33.5 Å². The van der Waals surface area contributed by atoms with E-state index in [0.29, 0.717) is 23.0 Å². The van der Waals surface area contributed by atoms with Crippen LogP contribution in [-0.4, -0.2) is 78.5 Å². The summed E-state index contributed by atoms with van der Waals surface area (Å²) >= 11 is 0. The van der Waals surface area contributed by atoms with Crippen molar-refractivity contribution >= 4 is 32.0 Å². The second-order valence-corrected chi connectivity index (χ2v) is 15.2. The van der Waals surface area contributed by atoms with Crippen LogP contribution in [0.4, 0.5) is 8.78 Å². The summed E-state index contributed by atoms with van der Waals surface area (Å²) in [6.07, 6.45) is 0.234. The van der Waals surface area contributed by atoms with E-state index in [1.807, 2.05) is 0 Å². The third-order valence-corrected chi connectivity index (χ3v) is 11.2. The molecule has 2 aliphatic heterocycles. The molecule has 2 fully saturated rings. The van der Waals surface area contributed by atoms with Gasteiger partial charge in [0, 0.05) is 26.1 Å². The second-order valence-electron chi connectivity index (χ2n) is 11.8. The molecule has 2 atom stereocenters. The number of benzene rings is 4. The molecule has 0 unspecified atom stereocenters. The zero-order valence-electron chi connectivity index (χ0n) is 28.0. The number of hydrogen-bond donors (Lipinski definition) is 3. The van der Waals surface area contributed by atoms with Crippen molar-refractivity contribution in [3.63, 3.8) is 0 Å². The Morgan fingerprint density at radius 2 is 0.962 bits per heavy atom. The fourth-order valence-electron chi connectivity index (χ4n) is 5.18. The van der Waals surface area contributed by atoms with E-state index in [2.05, 4.69) is 9.44 Å². The number of sulfonamides is 2. The highest BCUT2D eigenvalue weighted by atomic mass is 32.2. The molecule has 0 aliphatic carbocycles. The largest absolute Gasteiger partial charge is 0.480 e. The van der Waals surface area contributed by atoms with Crippen molar-refractivity contribution in [3.05, 3.63) is 109 Å². The molecule has 53 heavy (non-hydrogen) atoms. The lowest BCUT2D eigenvalue weighted by Gasteiger charge is -2.25. The Morgan fingerprint density at radius 3 is 1.28 bits per heavy atom. The molecule has 0 saturated carbocycles. The van der Waals surface area contributed by atoms with E-state index in [1.165, 1.54) is 104 Å². The van der Waals surface area contributed by atoms with E-state index in [1.54, 1.807) is 0 Å². The van der Waals surface area contributed by atoms with Crippen molar-refractivity contribution < 1.29 is 64.0 Å². The number of carbonyl (C=O) groups excluding carboxylic acids is 1. The van der Waals surface area contributed by atoms with Crippen LogP contribution in [-0.2, 0) is 43.8 Å². The lowest BCUT2D eigenvalue weighted by molar-refractivity contribution is -0.147. The first kappa shape index (κ1) is 39.2. The molecule has 4 aromatic rings. The molecule has 14 nitrogen and oxygen atoms in total. The van der Waals surface area contributed by atoms with Crippen molar-refractivity contribution in [2.45, 2.75) is 33.7 Å². The lowest BCUT2D eigenvalue weighted by Crippen LogP contribution is -2.55. The monoisotopic (exact) mass is 776 g/mol. The third kappa shape index (κ3) is 9.72. The predicted octanol–water partition coefficient (Wildman–Crippen LogP) is 4.37. The topological polar surface area (TPSA) is 193 Å². The van der Waals surface area contributed by atoms with Crippen LogP contribution in [0.1, 0.15) is 12.8 Å². The van der Waals surface area contributed by atoms with E-state index in [-0.39, 0.29) is 54.9 Å². The number of ether oxygens (including phenoxy) is 5. The Bertz CT molecular complexity index is 2100. The molecule has 2 aliphatic rings. The van der Waals surface area contributed by atoms with Gasteiger partial charge < -0.3 is 28.8 Å². The van der Waals surface area contributed by atoms with Gasteiger partial charge in [-0.1, -0.05) is 0 Å². The third-order valence-electron chi connectivity index (χ3n) is 8.06. The number of carbonyl (C=O) groups is 2.